The second kappa shape index (κ2) is 4.66. The Hall–Kier alpha value is -1.49. The van der Waals surface area contributed by atoms with Crippen molar-refractivity contribution in [3.05, 3.63) is 23.8 Å². The lowest BCUT2D eigenvalue weighted by Crippen LogP contribution is -2.24. The minimum absolute atomic E-state index is 0.199. The minimum atomic E-state index is -0.206. The third-order valence-electron chi connectivity index (χ3n) is 1.60. The first kappa shape index (κ1) is 10.6. The minimum Gasteiger partial charge on any atom is -0.378 e. The van der Waals surface area contributed by atoms with Crippen LogP contribution < -0.4 is 0 Å². The highest BCUT2D eigenvalue weighted by Gasteiger charge is 2.11. The van der Waals surface area contributed by atoms with Gasteiger partial charge >= 0.3 is 0 Å². The number of rotatable bonds is 3. The highest BCUT2D eigenvalue weighted by Crippen LogP contribution is 1.99. The van der Waals surface area contributed by atoms with E-state index in [0.717, 1.165) is 0 Å². The van der Waals surface area contributed by atoms with Crippen molar-refractivity contribution in [1.82, 2.24) is 14.9 Å². The lowest BCUT2D eigenvalue weighted by molar-refractivity contribution is 0.0814. The zero-order valence-corrected chi connectivity index (χ0v) is 8.52. The summed E-state index contributed by atoms with van der Waals surface area (Å²) in [4.78, 5) is 20.8. The van der Waals surface area contributed by atoms with E-state index in [4.69, 9.17) is 4.74 Å². The second-order valence-electron chi connectivity index (χ2n) is 3.00. The molecule has 0 bridgehead atoms. The molecule has 0 radical (unpaired) electrons. The molecule has 76 valence electrons. The predicted molar refractivity (Wildman–Crippen MR) is 50.8 cm³/mol. The number of carbonyl (C=O) groups excluding carboxylic acids is 1. The van der Waals surface area contributed by atoms with E-state index in [-0.39, 0.29) is 11.7 Å². The third kappa shape index (κ3) is 2.50. The van der Waals surface area contributed by atoms with Crippen LogP contribution in [0.3, 0.4) is 0 Å². The molecule has 0 aliphatic carbocycles. The van der Waals surface area contributed by atoms with Crippen LogP contribution in [0.4, 0.5) is 0 Å². The SMILES string of the molecule is COCc1ccnc(C(=O)N(C)C)n1. The molecule has 0 aromatic carbocycles. The van der Waals surface area contributed by atoms with E-state index in [9.17, 15) is 4.79 Å². The van der Waals surface area contributed by atoms with E-state index in [2.05, 4.69) is 9.97 Å². The first-order valence-electron chi connectivity index (χ1n) is 4.17. The molecule has 0 unspecified atom stereocenters. The van der Waals surface area contributed by atoms with Gasteiger partial charge in [0.1, 0.15) is 0 Å². The summed E-state index contributed by atoms with van der Waals surface area (Å²) in [7, 11) is 4.90. The van der Waals surface area contributed by atoms with Gasteiger partial charge in [0, 0.05) is 27.4 Å². The summed E-state index contributed by atoms with van der Waals surface area (Å²) in [6.07, 6.45) is 1.55. The molecule has 1 rings (SSSR count). The molecule has 0 spiro atoms. The topological polar surface area (TPSA) is 55.3 Å². The van der Waals surface area contributed by atoms with Crippen molar-refractivity contribution < 1.29 is 9.53 Å². The molecule has 1 amide bonds. The van der Waals surface area contributed by atoms with Crippen LogP contribution in [0.15, 0.2) is 12.3 Å². The maximum atomic E-state index is 11.5. The molecule has 5 heteroatoms. The molecule has 0 atom stereocenters. The maximum absolute atomic E-state index is 11.5. The second-order valence-corrected chi connectivity index (χ2v) is 3.00. The molecule has 0 aliphatic rings. The fourth-order valence-electron chi connectivity index (χ4n) is 0.927. The Bertz CT molecular complexity index is 326. The van der Waals surface area contributed by atoms with Gasteiger partial charge in [-0.25, -0.2) is 9.97 Å². The van der Waals surface area contributed by atoms with Gasteiger partial charge < -0.3 is 9.64 Å². The first-order chi connectivity index (χ1) is 6.65. The largest absolute Gasteiger partial charge is 0.378 e. The van der Waals surface area contributed by atoms with Gasteiger partial charge in [0.05, 0.1) is 12.3 Å². The summed E-state index contributed by atoms with van der Waals surface area (Å²) in [6.45, 7) is 0.385. The average Bonchev–Trinajstić information content (AvgIpc) is 2.17. The maximum Gasteiger partial charge on any atom is 0.291 e. The summed E-state index contributed by atoms with van der Waals surface area (Å²) >= 11 is 0. The Morgan fingerprint density at radius 2 is 2.29 bits per heavy atom. The lowest BCUT2D eigenvalue weighted by Gasteiger charge is -2.08. The van der Waals surface area contributed by atoms with E-state index >= 15 is 0 Å². The highest BCUT2D eigenvalue weighted by molar-refractivity contribution is 5.89. The van der Waals surface area contributed by atoms with Gasteiger partial charge in [-0.05, 0) is 6.07 Å². The Morgan fingerprint density at radius 3 is 2.86 bits per heavy atom. The molecule has 0 aliphatic heterocycles. The standard InChI is InChI=1S/C9H13N3O2/c1-12(2)9(13)8-10-5-4-7(11-8)6-14-3/h4-5H,6H2,1-3H3. The normalized spacial score (nSPS) is 9.93. The molecule has 0 fully saturated rings. The quantitative estimate of drug-likeness (QED) is 0.697. The fourth-order valence-corrected chi connectivity index (χ4v) is 0.927. The van der Waals surface area contributed by atoms with Crippen LogP contribution in [-0.2, 0) is 11.3 Å². The Labute approximate surface area is 82.7 Å². The lowest BCUT2D eigenvalue weighted by atomic mass is 10.4. The van der Waals surface area contributed by atoms with Gasteiger partial charge in [-0.1, -0.05) is 0 Å². The van der Waals surface area contributed by atoms with Crippen LogP contribution in [0.5, 0.6) is 0 Å². The summed E-state index contributed by atoms with van der Waals surface area (Å²) < 4.78 is 4.91. The molecule has 0 saturated heterocycles. The van der Waals surface area contributed by atoms with Gasteiger partial charge in [-0.3, -0.25) is 4.79 Å². The Morgan fingerprint density at radius 1 is 1.57 bits per heavy atom. The van der Waals surface area contributed by atoms with E-state index in [1.807, 2.05) is 0 Å². The summed E-state index contributed by atoms with van der Waals surface area (Å²) in [5.74, 6) is -0.00694. The van der Waals surface area contributed by atoms with Gasteiger partial charge in [0.25, 0.3) is 5.91 Å². The van der Waals surface area contributed by atoms with Gasteiger partial charge in [0.2, 0.25) is 5.82 Å². The number of carbonyl (C=O) groups is 1. The van der Waals surface area contributed by atoms with Crippen LogP contribution in [0.2, 0.25) is 0 Å². The van der Waals surface area contributed by atoms with Crippen LogP contribution in [0.1, 0.15) is 16.3 Å². The van der Waals surface area contributed by atoms with E-state index < -0.39 is 0 Å². The average molecular weight is 195 g/mol. The number of amides is 1. The Balaban J connectivity index is 2.88. The van der Waals surface area contributed by atoms with Gasteiger partial charge in [-0.15, -0.1) is 0 Å². The molecule has 1 heterocycles. The van der Waals surface area contributed by atoms with Crippen molar-refractivity contribution in [3.63, 3.8) is 0 Å². The molecule has 0 saturated carbocycles. The van der Waals surface area contributed by atoms with E-state index in [0.29, 0.717) is 12.3 Å². The number of ether oxygens (including phenoxy) is 1. The molecule has 5 nitrogen and oxygen atoms in total. The van der Waals surface area contributed by atoms with Crippen LogP contribution in [0, 0.1) is 0 Å². The predicted octanol–water partition coefficient (Wildman–Crippen LogP) is 0.325. The summed E-state index contributed by atoms with van der Waals surface area (Å²) in [5, 5.41) is 0. The van der Waals surface area contributed by atoms with Crippen molar-refractivity contribution >= 4 is 5.91 Å². The van der Waals surface area contributed by atoms with Crippen LogP contribution >= 0.6 is 0 Å². The fraction of sp³-hybridized carbons (Fsp3) is 0.444. The van der Waals surface area contributed by atoms with Gasteiger partial charge in [-0.2, -0.15) is 0 Å². The molecule has 14 heavy (non-hydrogen) atoms. The van der Waals surface area contributed by atoms with Crippen molar-refractivity contribution in [2.24, 2.45) is 0 Å². The first-order valence-corrected chi connectivity index (χ1v) is 4.17. The number of nitrogens with zero attached hydrogens (tertiary/aromatic N) is 3. The molecular formula is C9H13N3O2. The monoisotopic (exact) mass is 195 g/mol. The third-order valence-corrected chi connectivity index (χ3v) is 1.60. The zero-order chi connectivity index (χ0) is 10.6. The van der Waals surface area contributed by atoms with Crippen molar-refractivity contribution in [2.45, 2.75) is 6.61 Å². The van der Waals surface area contributed by atoms with Gasteiger partial charge in [0.15, 0.2) is 0 Å². The number of hydrogen-bond donors (Lipinski definition) is 0. The van der Waals surface area contributed by atoms with Crippen LogP contribution in [-0.4, -0.2) is 42.0 Å². The zero-order valence-electron chi connectivity index (χ0n) is 8.52. The smallest absolute Gasteiger partial charge is 0.291 e. The summed E-state index contributed by atoms with van der Waals surface area (Å²) in [6, 6.07) is 1.72. The molecule has 1 aromatic rings. The van der Waals surface area contributed by atoms with E-state index in [1.165, 1.54) is 4.90 Å². The van der Waals surface area contributed by atoms with Crippen molar-refractivity contribution in [2.75, 3.05) is 21.2 Å². The molecule has 1 aromatic heterocycles. The molecule has 0 N–H and O–H groups in total. The highest BCUT2D eigenvalue weighted by atomic mass is 16.5. The van der Waals surface area contributed by atoms with Crippen molar-refractivity contribution in [3.8, 4) is 0 Å². The summed E-state index contributed by atoms with van der Waals surface area (Å²) in [5.41, 5.74) is 0.702. The van der Waals surface area contributed by atoms with E-state index in [1.54, 1.807) is 33.5 Å². The molecular weight excluding hydrogens is 182 g/mol. The number of hydrogen-bond acceptors (Lipinski definition) is 4. The van der Waals surface area contributed by atoms with Crippen LogP contribution in [0.25, 0.3) is 0 Å². The Kier molecular flexibility index (Phi) is 3.53. The number of aromatic nitrogens is 2. The number of methoxy groups -OCH3 is 1. The van der Waals surface area contributed by atoms with Crippen molar-refractivity contribution in [1.29, 1.82) is 0 Å².